The predicted molar refractivity (Wildman–Crippen MR) is 60.5 cm³/mol. The number of nitrogens with zero attached hydrogens (tertiary/aromatic N) is 3. The van der Waals surface area contributed by atoms with Gasteiger partial charge < -0.3 is 5.11 Å². The van der Waals surface area contributed by atoms with E-state index in [0.29, 0.717) is 5.92 Å². The topological polar surface area (TPSA) is 50.4 Å². The minimum atomic E-state index is 0.268. The largest absolute Gasteiger partial charge is 0.506 e. The molecule has 1 aliphatic rings. The van der Waals surface area contributed by atoms with Gasteiger partial charge in [-0.2, -0.15) is 0 Å². The first-order valence-corrected chi connectivity index (χ1v) is 5.88. The standard InChI is InChI=1S/C12H15N3O/c16-10-6-7-11-13-14-12(15(11)8-10)9-4-2-1-3-5-9/h6-9,16H,1-5H2. The van der Waals surface area contributed by atoms with Gasteiger partial charge >= 0.3 is 0 Å². The molecule has 0 radical (unpaired) electrons. The highest BCUT2D eigenvalue weighted by Crippen LogP contribution is 2.31. The van der Waals surface area contributed by atoms with Crippen molar-refractivity contribution in [3.8, 4) is 5.75 Å². The molecule has 2 aromatic heterocycles. The van der Waals surface area contributed by atoms with E-state index < -0.39 is 0 Å². The van der Waals surface area contributed by atoms with Crippen LogP contribution >= 0.6 is 0 Å². The van der Waals surface area contributed by atoms with Crippen LogP contribution in [-0.4, -0.2) is 19.7 Å². The van der Waals surface area contributed by atoms with Crippen LogP contribution in [0.4, 0.5) is 0 Å². The molecule has 0 bridgehead atoms. The first-order chi connectivity index (χ1) is 7.84. The molecule has 16 heavy (non-hydrogen) atoms. The van der Waals surface area contributed by atoms with Gasteiger partial charge in [0.25, 0.3) is 0 Å². The monoisotopic (exact) mass is 217 g/mol. The summed E-state index contributed by atoms with van der Waals surface area (Å²) in [5, 5.41) is 17.9. The number of fused-ring (bicyclic) bond motifs is 1. The molecule has 2 aromatic rings. The molecule has 0 saturated heterocycles. The van der Waals surface area contributed by atoms with Crippen LogP contribution in [0.25, 0.3) is 5.65 Å². The predicted octanol–water partition coefficient (Wildman–Crippen LogP) is 2.48. The molecule has 4 heteroatoms. The van der Waals surface area contributed by atoms with E-state index in [1.165, 1.54) is 32.1 Å². The summed E-state index contributed by atoms with van der Waals surface area (Å²) in [6.45, 7) is 0. The molecule has 1 saturated carbocycles. The third kappa shape index (κ3) is 1.54. The Morgan fingerprint density at radius 1 is 1.12 bits per heavy atom. The molecular weight excluding hydrogens is 202 g/mol. The molecule has 0 atom stereocenters. The van der Waals surface area contributed by atoms with Gasteiger partial charge in [-0.1, -0.05) is 19.3 Å². The molecule has 4 nitrogen and oxygen atoms in total. The van der Waals surface area contributed by atoms with Gasteiger partial charge in [-0.15, -0.1) is 10.2 Å². The highest BCUT2D eigenvalue weighted by molar-refractivity contribution is 5.41. The molecule has 3 rings (SSSR count). The van der Waals surface area contributed by atoms with Gasteiger partial charge in [0.05, 0.1) is 6.20 Å². The number of aromatic hydroxyl groups is 1. The van der Waals surface area contributed by atoms with Crippen LogP contribution in [-0.2, 0) is 0 Å². The fourth-order valence-electron chi connectivity index (χ4n) is 2.54. The maximum absolute atomic E-state index is 9.50. The molecule has 0 unspecified atom stereocenters. The molecule has 0 aromatic carbocycles. The van der Waals surface area contributed by atoms with Gasteiger partial charge in [0, 0.05) is 5.92 Å². The summed E-state index contributed by atoms with van der Waals surface area (Å²) in [5.41, 5.74) is 0.818. The Bertz CT molecular complexity index is 500. The molecule has 1 aliphatic carbocycles. The zero-order valence-electron chi connectivity index (χ0n) is 9.13. The molecule has 0 aliphatic heterocycles. The van der Waals surface area contributed by atoms with Crippen molar-refractivity contribution in [2.45, 2.75) is 38.0 Å². The van der Waals surface area contributed by atoms with E-state index in [1.807, 2.05) is 4.40 Å². The van der Waals surface area contributed by atoms with Gasteiger partial charge in [0.1, 0.15) is 11.6 Å². The average Bonchev–Trinajstić information content (AvgIpc) is 2.73. The van der Waals surface area contributed by atoms with Crippen molar-refractivity contribution < 1.29 is 5.11 Å². The summed E-state index contributed by atoms with van der Waals surface area (Å²) in [7, 11) is 0. The Morgan fingerprint density at radius 2 is 1.94 bits per heavy atom. The number of pyridine rings is 1. The first-order valence-electron chi connectivity index (χ1n) is 5.88. The van der Waals surface area contributed by atoms with Crippen molar-refractivity contribution in [2.75, 3.05) is 0 Å². The van der Waals surface area contributed by atoms with Crippen LogP contribution in [0.5, 0.6) is 5.75 Å². The number of hydrogen-bond donors (Lipinski definition) is 1. The van der Waals surface area contributed by atoms with Gasteiger partial charge in [-0.3, -0.25) is 4.40 Å². The smallest absolute Gasteiger partial charge is 0.161 e. The first kappa shape index (κ1) is 9.63. The number of aromatic nitrogens is 3. The number of rotatable bonds is 1. The third-order valence-corrected chi connectivity index (χ3v) is 3.38. The van der Waals surface area contributed by atoms with Crippen molar-refractivity contribution in [3.05, 3.63) is 24.2 Å². The summed E-state index contributed by atoms with van der Waals surface area (Å²) in [4.78, 5) is 0. The highest BCUT2D eigenvalue weighted by Gasteiger charge is 2.20. The van der Waals surface area contributed by atoms with Gasteiger partial charge in [0.2, 0.25) is 0 Å². The van der Waals surface area contributed by atoms with Gasteiger partial charge in [-0.05, 0) is 25.0 Å². The van der Waals surface area contributed by atoms with Crippen LogP contribution in [0.15, 0.2) is 18.3 Å². The lowest BCUT2D eigenvalue weighted by molar-refractivity contribution is 0.424. The summed E-state index contributed by atoms with van der Waals surface area (Å²) in [6, 6.07) is 3.45. The van der Waals surface area contributed by atoms with Crippen molar-refractivity contribution in [1.82, 2.24) is 14.6 Å². The fourth-order valence-corrected chi connectivity index (χ4v) is 2.54. The van der Waals surface area contributed by atoms with Crippen molar-refractivity contribution in [1.29, 1.82) is 0 Å². The second kappa shape index (κ2) is 3.77. The van der Waals surface area contributed by atoms with Crippen LogP contribution < -0.4 is 0 Å². The quantitative estimate of drug-likeness (QED) is 0.798. The Labute approximate surface area is 93.9 Å². The SMILES string of the molecule is Oc1ccc2nnc(C3CCCCC3)n2c1. The second-order valence-corrected chi connectivity index (χ2v) is 4.51. The molecule has 1 N–H and O–H groups in total. The average molecular weight is 217 g/mol. The second-order valence-electron chi connectivity index (χ2n) is 4.51. The lowest BCUT2D eigenvalue weighted by atomic mass is 9.89. The maximum atomic E-state index is 9.50. The van der Waals surface area contributed by atoms with Crippen molar-refractivity contribution in [2.24, 2.45) is 0 Å². The molecule has 1 fully saturated rings. The minimum absolute atomic E-state index is 0.268. The fraction of sp³-hybridized carbons (Fsp3) is 0.500. The van der Waals surface area contributed by atoms with E-state index in [-0.39, 0.29) is 5.75 Å². The molecule has 2 heterocycles. The summed E-state index contributed by atoms with van der Waals surface area (Å²) in [6.07, 6.45) is 7.97. The lowest BCUT2D eigenvalue weighted by Crippen LogP contribution is -2.08. The summed E-state index contributed by atoms with van der Waals surface area (Å²) >= 11 is 0. The van der Waals surface area contributed by atoms with E-state index in [1.54, 1.807) is 18.3 Å². The third-order valence-electron chi connectivity index (χ3n) is 3.38. The Balaban J connectivity index is 2.05. The lowest BCUT2D eigenvalue weighted by Gasteiger charge is -2.19. The summed E-state index contributed by atoms with van der Waals surface area (Å²) < 4.78 is 1.92. The summed E-state index contributed by atoms with van der Waals surface area (Å²) in [5.74, 6) is 1.78. The van der Waals surface area contributed by atoms with Gasteiger partial charge in [0.15, 0.2) is 5.65 Å². The molecule has 0 spiro atoms. The van der Waals surface area contributed by atoms with E-state index in [4.69, 9.17) is 0 Å². The van der Waals surface area contributed by atoms with Crippen LogP contribution in [0.3, 0.4) is 0 Å². The van der Waals surface area contributed by atoms with E-state index in [9.17, 15) is 5.11 Å². The normalized spacial score (nSPS) is 18.0. The van der Waals surface area contributed by atoms with E-state index in [2.05, 4.69) is 10.2 Å². The molecular formula is C12H15N3O. The molecule has 84 valence electrons. The van der Waals surface area contributed by atoms with E-state index >= 15 is 0 Å². The maximum Gasteiger partial charge on any atom is 0.161 e. The highest BCUT2D eigenvalue weighted by atomic mass is 16.3. The van der Waals surface area contributed by atoms with E-state index in [0.717, 1.165) is 11.5 Å². The Kier molecular flexibility index (Phi) is 2.27. The minimum Gasteiger partial charge on any atom is -0.506 e. The van der Waals surface area contributed by atoms with Crippen molar-refractivity contribution >= 4 is 5.65 Å². The zero-order valence-corrected chi connectivity index (χ0v) is 9.13. The number of hydrogen-bond acceptors (Lipinski definition) is 3. The van der Waals surface area contributed by atoms with Crippen LogP contribution in [0, 0.1) is 0 Å². The van der Waals surface area contributed by atoms with Crippen molar-refractivity contribution in [3.63, 3.8) is 0 Å². The van der Waals surface area contributed by atoms with Crippen LogP contribution in [0.2, 0.25) is 0 Å². The zero-order chi connectivity index (χ0) is 11.0. The van der Waals surface area contributed by atoms with Gasteiger partial charge in [-0.25, -0.2) is 0 Å². The Hall–Kier alpha value is -1.58. The Morgan fingerprint density at radius 3 is 2.75 bits per heavy atom. The molecule has 0 amide bonds. The van der Waals surface area contributed by atoms with Crippen LogP contribution in [0.1, 0.15) is 43.8 Å².